The van der Waals surface area contributed by atoms with Gasteiger partial charge in [-0.2, -0.15) is 0 Å². The summed E-state index contributed by atoms with van der Waals surface area (Å²) in [6, 6.07) is 23.1. The van der Waals surface area contributed by atoms with Crippen molar-refractivity contribution in [3.63, 3.8) is 0 Å². The molecule has 2 aliphatic heterocycles. The summed E-state index contributed by atoms with van der Waals surface area (Å²) in [5.74, 6) is -0.862. The Morgan fingerprint density at radius 3 is 2.59 bits per heavy atom. The van der Waals surface area contributed by atoms with Crippen molar-refractivity contribution in [3.05, 3.63) is 102 Å². The van der Waals surface area contributed by atoms with Crippen molar-refractivity contribution in [3.8, 4) is 0 Å². The topological polar surface area (TPSA) is 21.7 Å². The Kier molecular flexibility index (Phi) is 3.13. The Hall–Kier alpha value is -2.88. The van der Waals surface area contributed by atoms with E-state index in [4.69, 9.17) is 9.57 Å². The third-order valence-electron chi connectivity index (χ3n) is 5.72. The summed E-state index contributed by atoms with van der Waals surface area (Å²) in [4.78, 5) is 6.68. The number of para-hydroxylation sites is 1. The number of rotatable bonds is 2. The van der Waals surface area contributed by atoms with E-state index in [1.54, 1.807) is 0 Å². The molecule has 2 unspecified atom stereocenters. The lowest BCUT2D eigenvalue weighted by atomic mass is 9.85. The monoisotopic (exact) mass is 353 g/mol. The van der Waals surface area contributed by atoms with Gasteiger partial charge in [-0.15, -0.1) is 0 Å². The summed E-state index contributed by atoms with van der Waals surface area (Å²) < 4.78 is 6.71. The highest BCUT2D eigenvalue weighted by Crippen LogP contribution is 2.57. The molecule has 0 spiro atoms. The number of ether oxygens (including phenoxy) is 1. The van der Waals surface area contributed by atoms with Crippen LogP contribution in [0.1, 0.15) is 30.2 Å². The van der Waals surface area contributed by atoms with Crippen LogP contribution in [-0.2, 0) is 15.4 Å². The smallest absolute Gasteiger partial charge is 0.245 e. The molecule has 27 heavy (non-hydrogen) atoms. The van der Waals surface area contributed by atoms with Crippen molar-refractivity contribution >= 4 is 16.5 Å². The largest absolute Gasteiger partial charge is 0.310 e. The second-order valence-electron chi connectivity index (χ2n) is 7.25. The van der Waals surface area contributed by atoms with Gasteiger partial charge in [0.2, 0.25) is 5.79 Å². The maximum absolute atomic E-state index is 6.71. The number of fused-ring (bicyclic) bond motifs is 4. The van der Waals surface area contributed by atoms with Gasteiger partial charge >= 0.3 is 0 Å². The first-order valence-electron chi connectivity index (χ1n) is 9.46. The van der Waals surface area contributed by atoms with Gasteiger partial charge in [-0.3, -0.25) is 0 Å². The van der Waals surface area contributed by atoms with Gasteiger partial charge in [0.1, 0.15) is 0 Å². The number of hydrogen-bond donors (Lipinski definition) is 0. The van der Waals surface area contributed by atoms with E-state index in [9.17, 15) is 0 Å². The van der Waals surface area contributed by atoms with E-state index in [1.807, 2.05) is 23.3 Å². The van der Waals surface area contributed by atoms with Gasteiger partial charge < -0.3 is 4.74 Å². The van der Waals surface area contributed by atoms with Gasteiger partial charge in [0.15, 0.2) is 6.23 Å². The van der Waals surface area contributed by atoms with Crippen molar-refractivity contribution < 1.29 is 9.57 Å². The molecule has 2 atom stereocenters. The molecule has 2 heterocycles. The Morgan fingerprint density at radius 1 is 0.926 bits per heavy atom. The predicted octanol–water partition coefficient (Wildman–Crippen LogP) is 5.75. The molecule has 0 radical (unpaired) electrons. The summed E-state index contributed by atoms with van der Waals surface area (Å²) in [5, 5.41) is 4.42. The van der Waals surface area contributed by atoms with Gasteiger partial charge in [-0.1, -0.05) is 72.8 Å². The maximum Gasteiger partial charge on any atom is 0.245 e. The van der Waals surface area contributed by atoms with Crippen LogP contribution in [0.4, 0.5) is 5.69 Å². The Bertz CT molecular complexity index is 1100. The summed E-state index contributed by atoms with van der Waals surface area (Å²) in [6.07, 6.45) is 8.14. The summed E-state index contributed by atoms with van der Waals surface area (Å²) in [6.45, 7) is 0. The highest BCUT2D eigenvalue weighted by Gasteiger charge is 2.55. The molecule has 6 rings (SSSR count). The average molecular weight is 353 g/mol. The molecule has 3 aromatic rings. The molecule has 132 valence electrons. The van der Waals surface area contributed by atoms with E-state index in [2.05, 4.69) is 66.8 Å². The molecule has 1 fully saturated rings. The first-order valence-corrected chi connectivity index (χ1v) is 9.46. The summed E-state index contributed by atoms with van der Waals surface area (Å²) in [7, 11) is 0. The second kappa shape index (κ2) is 5.56. The molecule has 1 saturated heterocycles. The van der Waals surface area contributed by atoms with E-state index >= 15 is 0 Å². The molecule has 0 aromatic heterocycles. The molecule has 2 bridgehead atoms. The number of hydrogen-bond acceptors (Lipinski definition) is 3. The van der Waals surface area contributed by atoms with Gasteiger partial charge in [0, 0.05) is 11.1 Å². The second-order valence-corrected chi connectivity index (χ2v) is 7.25. The fourth-order valence-corrected chi connectivity index (χ4v) is 4.51. The molecular formula is C24H19NO2. The van der Waals surface area contributed by atoms with Gasteiger partial charge in [0.25, 0.3) is 0 Å². The molecule has 3 aliphatic rings. The van der Waals surface area contributed by atoms with Gasteiger partial charge in [-0.05, 0) is 41.3 Å². The third kappa shape index (κ3) is 2.04. The maximum atomic E-state index is 6.71. The average Bonchev–Trinajstić information content (AvgIpc) is 3.11. The van der Waals surface area contributed by atoms with Crippen LogP contribution < -0.4 is 5.06 Å². The molecule has 0 N–H and O–H groups in total. The number of hydroxylamine groups is 1. The molecule has 3 nitrogen and oxygen atoms in total. The number of anilines is 1. The van der Waals surface area contributed by atoms with E-state index < -0.39 is 5.79 Å². The zero-order valence-corrected chi connectivity index (χ0v) is 14.8. The lowest BCUT2D eigenvalue weighted by Crippen LogP contribution is -2.33. The van der Waals surface area contributed by atoms with Crippen molar-refractivity contribution in [2.75, 3.05) is 5.06 Å². The highest BCUT2D eigenvalue weighted by molar-refractivity contribution is 5.91. The first-order chi connectivity index (χ1) is 13.4. The van der Waals surface area contributed by atoms with Crippen LogP contribution in [0.15, 0.2) is 90.5 Å². The van der Waals surface area contributed by atoms with Crippen molar-refractivity contribution in [2.24, 2.45) is 0 Å². The highest BCUT2D eigenvalue weighted by atomic mass is 16.9. The molecular weight excluding hydrogens is 334 g/mol. The van der Waals surface area contributed by atoms with E-state index in [1.165, 1.54) is 16.3 Å². The molecule has 1 aliphatic carbocycles. The zero-order valence-electron chi connectivity index (χ0n) is 14.8. The van der Waals surface area contributed by atoms with Crippen LogP contribution in [0.3, 0.4) is 0 Å². The quantitative estimate of drug-likeness (QED) is 0.585. The number of benzene rings is 3. The van der Waals surface area contributed by atoms with Gasteiger partial charge in [-0.25, -0.2) is 9.90 Å². The fourth-order valence-electron chi connectivity index (χ4n) is 4.51. The van der Waals surface area contributed by atoms with Crippen LogP contribution in [0.5, 0.6) is 0 Å². The molecule has 0 saturated carbocycles. The van der Waals surface area contributed by atoms with Crippen LogP contribution in [0.25, 0.3) is 10.8 Å². The molecule has 0 amide bonds. The van der Waals surface area contributed by atoms with Crippen LogP contribution in [-0.4, -0.2) is 0 Å². The first kappa shape index (κ1) is 15.2. The SMILES string of the molecule is C1=CCCC(C23OC(c4cccc5cccc2c45)N(c2ccccc2)O3)=C1. The van der Waals surface area contributed by atoms with E-state index in [0.717, 1.165) is 29.7 Å². The predicted molar refractivity (Wildman–Crippen MR) is 106 cm³/mol. The Labute approximate surface area is 158 Å². The number of nitrogens with zero attached hydrogens (tertiary/aromatic N) is 1. The normalized spacial score (nSPS) is 25.7. The Balaban J connectivity index is 1.65. The van der Waals surface area contributed by atoms with Crippen molar-refractivity contribution in [1.29, 1.82) is 0 Å². The lowest BCUT2D eigenvalue weighted by Gasteiger charge is -2.34. The lowest BCUT2D eigenvalue weighted by molar-refractivity contribution is -0.153. The minimum absolute atomic E-state index is 0.266. The molecule has 3 aromatic carbocycles. The van der Waals surface area contributed by atoms with Crippen molar-refractivity contribution in [2.45, 2.75) is 24.9 Å². The summed E-state index contributed by atoms with van der Waals surface area (Å²) in [5.41, 5.74) is 4.44. The van der Waals surface area contributed by atoms with Crippen LogP contribution >= 0.6 is 0 Å². The van der Waals surface area contributed by atoms with Crippen LogP contribution in [0, 0.1) is 0 Å². The summed E-state index contributed by atoms with van der Waals surface area (Å²) >= 11 is 0. The van der Waals surface area contributed by atoms with Crippen LogP contribution in [0.2, 0.25) is 0 Å². The van der Waals surface area contributed by atoms with E-state index in [-0.39, 0.29) is 6.23 Å². The molecule has 3 heteroatoms. The number of allylic oxidation sites excluding steroid dienone is 3. The minimum Gasteiger partial charge on any atom is -0.310 e. The zero-order chi connectivity index (χ0) is 17.8. The van der Waals surface area contributed by atoms with Crippen molar-refractivity contribution in [1.82, 2.24) is 0 Å². The minimum atomic E-state index is -0.862. The standard InChI is InChI=1S/C24H19NO2/c1-3-11-18(12-4-1)24-21-16-8-10-17-9-7-15-20(22(17)21)23(26-24)25(27-24)19-13-5-2-6-14-19/h1-3,5-11,13-16,23H,4,12H2. The van der Waals surface area contributed by atoms with Gasteiger partial charge in [0.05, 0.1) is 5.69 Å². The Morgan fingerprint density at radius 2 is 1.78 bits per heavy atom. The third-order valence-corrected chi connectivity index (χ3v) is 5.72. The van der Waals surface area contributed by atoms with E-state index in [0.29, 0.717) is 0 Å². The fraction of sp³-hybridized carbons (Fsp3) is 0.167.